The first-order valence-electron chi connectivity index (χ1n) is 6.37. The van der Waals surface area contributed by atoms with Crippen molar-refractivity contribution in [2.75, 3.05) is 13.1 Å². The highest BCUT2D eigenvalue weighted by Gasteiger charge is 2.35. The van der Waals surface area contributed by atoms with E-state index in [0.717, 1.165) is 12.8 Å². The molecule has 0 radical (unpaired) electrons. The summed E-state index contributed by atoms with van der Waals surface area (Å²) in [4.78, 5) is 24.4. The molecule has 3 atom stereocenters. The van der Waals surface area contributed by atoms with Crippen molar-refractivity contribution >= 4 is 12.0 Å². The molecule has 1 aliphatic heterocycles. The molecule has 96 valence electrons. The van der Waals surface area contributed by atoms with E-state index in [0.29, 0.717) is 31.3 Å². The van der Waals surface area contributed by atoms with Crippen LogP contribution in [0.15, 0.2) is 0 Å². The predicted molar refractivity (Wildman–Crippen MR) is 62.7 cm³/mol. The normalized spacial score (nSPS) is 32.1. The summed E-state index contributed by atoms with van der Waals surface area (Å²) in [6.07, 6.45) is 3.53. The van der Waals surface area contributed by atoms with Crippen LogP contribution in [-0.2, 0) is 4.79 Å². The van der Waals surface area contributed by atoms with E-state index in [9.17, 15) is 9.59 Å². The number of amides is 2. The number of carbonyl (C=O) groups excluding carboxylic acids is 1. The Kier molecular flexibility index (Phi) is 3.54. The highest BCUT2D eigenvalue weighted by molar-refractivity contribution is 5.82. The lowest BCUT2D eigenvalue weighted by Gasteiger charge is -2.32. The second-order valence-electron chi connectivity index (χ2n) is 5.20. The maximum atomic E-state index is 11.9. The zero-order valence-electron chi connectivity index (χ0n) is 10.2. The lowest BCUT2D eigenvalue weighted by molar-refractivity contribution is -0.143. The van der Waals surface area contributed by atoms with Crippen LogP contribution in [0.3, 0.4) is 0 Å². The van der Waals surface area contributed by atoms with Crippen LogP contribution in [0.25, 0.3) is 0 Å². The van der Waals surface area contributed by atoms with Crippen LogP contribution in [-0.4, -0.2) is 41.1 Å². The molecule has 5 nitrogen and oxygen atoms in total. The summed E-state index contributed by atoms with van der Waals surface area (Å²) in [7, 11) is 0. The van der Waals surface area contributed by atoms with Gasteiger partial charge in [-0.2, -0.15) is 0 Å². The van der Waals surface area contributed by atoms with E-state index in [1.165, 1.54) is 11.3 Å². The van der Waals surface area contributed by atoms with Crippen molar-refractivity contribution in [1.82, 2.24) is 10.2 Å². The molecule has 2 rings (SSSR count). The Hall–Kier alpha value is -1.26. The van der Waals surface area contributed by atoms with Crippen molar-refractivity contribution in [2.24, 2.45) is 11.8 Å². The number of carboxylic acids is 1. The maximum absolute atomic E-state index is 11.9. The van der Waals surface area contributed by atoms with E-state index in [2.05, 4.69) is 12.2 Å². The van der Waals surface area contributed by atoms with E-state index < -0.39 is 12.0 Å². The number of rotatable bonds is 3. The molecule has 5 heteroatoms. The Morgan fingerprint density at radius 2 is 2.12 bits per heavy atom. The quantitative estimate of drug-likeness (QED) is 0.781. The van der Waals surface area contributed by atoms with Crippen LogP contribution in [0.2, 0.25) is 0 Å². The zero-order valence-corrected chi connectivity index (χ0v) is 10.2. The fraction of sp³-hybridized carbons (Fsp3) is 0.833. The number of nitrogens with one attached hydrogen (secondary N) is 1. The van der Waals surface area contributed by atoms with Gasteiger partial charge in [-0.15, -0.1) is 0 Å². The SMILES string of the molecule is CC1CC1CNC(=O)N1CCCCC1C(=O)O. The fourth-order valence-corrected chi connectivity index (χ4v) is 2.43. The monoisotopic (exact) mass is 240 g/mol. The zero-order chi connectivity index (χ0) is 12.4. The van der Waals surface area contributed by atoms with Crippen molar-refractivity contribution in [1.29, 1.82) is 0 Å². The summed E-state index contributed by atoms with van der Waals surface area (Å²) in [5.74, 6) is 0.401. The number of piperidine rings is 1. The average Bonchev–Trinajstić information content (AvgIpc) is 3.02. The van der Waals surface area contributed by atoms with Crippen LogP contribution in [0.5, 0.6) is 0 Å². The minimum Gasteiger partial charge on any atom is -0.480 e. The first kappa shape index (κ1) is 12.2. The third-order valence-corrected chi connectivity index (χ3v) is 3.84. The van der Waals surface area contributed by atoms with Gasteiger partial charge < -0.3 is 15.3 Å². The van der Waals surface area contributed by atoms with E-state index >= 15 is 0 Å². The Morgan fingerprint density at radius 1 is 1.41 bits per heavy atom. The van der Waals surface area contributed by atoms with Gasteiger partial charge in [0.2, 0.25) is 0 Å². The smallest absolute Gasteiger partial charge is 0.326 e. The summed E-state index contributed by atoms with van der Waals surface area (Å²) < 4.78 is 0. The lowest BCUT2D eigenvalue weighted by atomic mass is 10.0. The molecule has 3 unspecified atom stereocenters. The van der Waals surface area contributed by atoms with E-state index in [4.69, 9.17) is 5.11 Å². The van der Waals surface area contributed by atoms with E-state index in [-0.39, 0.29) is 6.03 Å². The molecule has 1 aliphatic carbocycles. The molecule has 0 aromatic heterocycles. The molecular formula is C12H20N2O3. The molecule has 0 aromatic rings. The Morgan fingerprint density at radius 3 is 2.71 bits per heavy atom. The molecule has 0 bridgehead atoms. The number of hydrogen-bond acceptors (Lipinski definition) is 2. The topological polar surface area (TPSA) is 69.6 Å². The fourth-order valence-electron chi connectivity index (χ4n) is 2.43. The predicted octanol–water partition coefficient (Wildman–Crippen LogP) is 1.29. The summed E-state index contributed by atoms with van der Waals surface area (Å²) in [6.45, 7) is 3.41. The number of urea groups is 1. The van der Waals surface area contributed by atoms with Gasteiger partial charge in [0.1, 0.15) is 6.04 Å². The van der Waals surface area contributed by atoms with Crippen molar-refractivity contribution in [3.05, 3.63) is 0 Å². The van der Waals surface area contributed by atoms with Gasteiger partial charge in [-0.05, 0) is 37.5 Å². The number of likely N-dealkylation sites (tertiary alicyclic amines) is 1. The Labute approximate surface area is 101 Å². The van der Waals surface area contributed by atoms with Crippen LogP contribution in [0, 0.1) is 11.8 Å². The number of carboxylic acid groups (broad SMARTS) is 1. The minimum absolute atomic E-state index is 0.212. The second-order valence-corrected chi connectivity index (χ2v) is 5.20. The highest BCUT2D eigenvalue weighted by Crippen LogP contribution is 2.36. The molecule has 17 heavy (non-hydrogen) atoms. The summed E-state index contributed by atoms with van der Waals surface area (Å²) in [5, 5.41) is 11.9. The van der Waals surface area contributed by atoms with Crippen LogP contribution in [0.4, 0.5) is 4.79 Å². The van der Waals surface area contributed by atoms with Gasteiger partial charge in [-0.1, -0.05) is 6.92 Å². The number of hydrogen-bond donors (Lipinski definition) is 2. The van der Waals surface area contributed by atoms with Gasteiger partial charge in [0, 0.05) is 13.1 Å². The standard InChI is InChI=1S/C12H20N2O3/c1-8-6-9(8)7-13-12(17)14-5-3-2-4-10(14)11(15)16/h8-10H,2-7H2,1H3,(H,13,17)(H,15,16). The maximum Gasteiger partial charge on any atom is 0.326 e. The largest absolute Gasteiger partial charge is 0.480 e. The lowest BCUT2D eigenvalue weighted by Crippen LogP contribution is -2.52. The van der Waals surface area contributed by atoms with Crippen molar-refractivity contribution < 1.29 is 14.7 Å². The summed E-state index contributed by atoms with van der Waals surface area (Å²) >= 11 is 0. The van der Waals surface area contributed by atoms with Gasteiger partial charge >= 0.3 is 12.0 Å². The van der Waals surface area contributed by atoms with Crippen molar-refractivity contribution in [2.45, 2.75) is 38.6 Å². The van der Waals surface area contributed by atoms with Gasteiger partial charge in [-0.3, -0.25) is 0 Å². The van der Waals surface area contributed by atoms with Gasteiger partial charge in [0.05, 0.1) is 0 Å². The van der Waals surface area contributed by atoms with Gasteiger partial charge in [0.15, 0.2) is 0 Å². The van der Waals surface area contributed by atoms with E-state index in [1.54, 1.807) is 0 Å². The molecule has 2 amide bonds. The Balaban J connectivity index is 1.84. The van der Waals surface area contributed by atoms with E-state index in [1.807, 2.05) is 0 Å². The molecule has 2 N–H and O–H groups in total. The number of aliphatic carboxylic acids is 1. The molecule has 1 heterocycles. The first-order chi connectivity index (χ1) is 8.09. The average molecular weight is 240 g/mol. The second kappa shape index (κ2) is 4.94. The molecular weight excluding hydrogens is 220 g/mol. The molecule has 1 saturated carbocycles. The molecule has 2 aliphatic rings. The van der Waals surface area contributed by atoms with Crippen molar-refractivity contribution in [3.63, 3.8) is 0 Å². The third-order valence-electron chi connectivity index (χ3n) is 3.84. The number of nitrogens with zero attached hydrogens (tertiary/aromatic N) is 1. The summed E-state index contributed by atoms with van der Waals surface area (Å²) in [6, 6.07) is -0.850. The molecule has 0 spiro atoms. The minimum atomic E-state index is -0.889. The third kappa shape index (κ3) is 2.90. The van der Waals surface area contributed by atoms with Crippen LogP contribution < -0.4 is 5.32 Å². The number of carbonyl (C=O) groups is 2. The molecule has 2 fully saturated rings. The molecule has 0 aromatic carbocycles. The van der Waals surface area contributed by atoms with Crippen LogP contribution >= 0.6 is 0 Å². The first-order valence-corrected chi connectivity index (χ1v) is 6.37. The van der Waals surface area contributed by atoms with Crippen molar-refractivity contribution in [3.8, 4) is 0 Å². The Bertz CT molecular complexity index is 319. The van der Waals surface area contributed by atoms with Gasteiger partial charge in [-0.25, -0.2) is 9.59 Å². The van der Waals surface area contributed by atoms with Gasteiger partial charge in [0.25, 0.3) is 0 Å². The molecule has 1 saturated heterocycles. The summed E-state index contributed by atoms with van der Waals surface area (Å²) in [5.41, 5.74) is 0. The highest BCUT2D eigenvalue weighted by atomic mass is 16.4. The van der Waals surface area contributed by atoms with Crippen LogP contribution in [0.1, 0.15) is 32.6 Å².